The minimum Gasteiger partial charge on any atom is -0.481 e. The predicted molar refractivity (Wildman–Crippen MR) is 123 cm³/mol. The van der Waals surface area contributed by atoms with Crippen molar-refractivity contribution in [2.45, 2.75) is 43.8 Å². The summed E-state index contributed by atoms with van der Waals surface area (Å²) in [7, 11) is 0. The summed E-state index contributed by atoms with van der Waals surface area (Å²) in [6.45, 7) is 0. The van der Waals surface area contributed by atoms with Crippen LogP contribution < -0.4 is 0 Å². The molecule has 2 atom stereocenters. The summed E-state index contributed by atoms with van der Waals surface area (Å²) in [5, 5.41) is 29.9. The number of pyridine rings is 1. The largest absolute Gasteiger partial charge is 2.00 e. The van der Waals surface area contributed by atoms with Gasteiger partial charge in [0.05, 0.1) is 29.8 Å². The van der Waals surface area contributed by atoms with Gasteiger partial charge in [0, 0.05) is 28.9 Å². The zero-order chi connectivity index (χ0) is 22.0. The van der Waals surface area contributed by atoms with Gasteiger partial charge in [0.2, 0.25) is 0 Å². The molecule has 4 rings (SSSR count). The Labute approximate surface area is 215 Å². The van der Waals surface area contributed by atoms with Crippen molar-refractivity contribution in [2.24, 2.45) is 0 Å². The standard InChI is InChI=1S/C25H24FNO4.Ca/c26-17-9-7-15(8-10-17)24-20-3-1-2-4-22(20)27-25(16-5-6-16)21(24)12-11-18(28)13-19(29)14-23(30)31;/h1-4,7-12,16,18-19,28-29H,5-6,13-14H2,(H,30,31);/q;+2/b12-11+;/t18-,19-;/m1./s1. The van der Waals surface area contributed by atoms with Crippen molar-refractivity contribution in [3.05, 3.63) is 71.7 Å². The fraction of sp³-hybridized carbons (Fsp3) is 0.280. The molecule has 0 bridgehead atoms. The first-order valence-electron chi connectivity index (χ1n) is 10.4. The zero-order valence-electron chi connectivity index (χ0n) is 17.6. The molecule has 1 saturated carbocycles. The van der Waals surface area contributed by atoms with E-state index >= 15 is 0 Å². The van der Waals surface area contributed by atoms with E-state index in [9.17, 15) is 19.4 Å². The Hall–Kier alpha value is -1.83. The third-order valence-corrected chi connectivity index (χ3v) is 5.47. The van der Waals surface area contributed by atoms with Crippen LogP contribution in [0.3, 0.4) is 0 Å². The van der Waals surface area contributed by atoms with Crippen LogP contribution in [-0.4, -0.2) is 76.2 Å². The molecule has 0 saturated heterocycles. The number of hydrogen-bond donors (Lipinski definition) is 3. The molecular weight excluding hydrogens is 437 g/mol. The summed E-state index contributed by atoms with van der Waals surface area (Å²) in [5.41, 5.74) is 4.43. The third kappa shape index (κ3) is 5.94. The van der Waals surface area contributed by atoms with Crippen molar-refractivity contribution in [1.29, 1.82) is 0 Å². The van der Waals surface area contributed by atoms with Gasteiger partial charge in [-0.1, -0.05) is 42.5 Å². The number of aromatic nitrogens is 1. The van der Waals surface area contributed by atoms with Gasteiger partial charge in [-0.25, -0.2) is 4.39 Å². The van der Waals surface area contributed by atoms with Crippen molar-refractivity contribution in [1.82, 2.24) is 4.98 Å². The molecule has 5 nitrogen and oxygen atoms in total. The van der Waals surface area contributed by atoms with E-state index in [-0.39, 0.29) is 50.0 Å². The second kappa shape index (κ2) is 10.9. The summed E-state index contributed by atoms with van der Waals surface area (Å²) in [6.07, 6.45) is 2.80. The van der Waals surface area contributed by atoms with Gasteiger partial charge in [0.25, 0.3) is 0 Å². The SMILES string of the molecule is O=C(O)C[C@H](O)C[C@H](O)/C=C/c1c(C2CC2)nc2ccccc2c1-c1ccc(F)cc1.[Ca+2]. The van der Waals surface area contributed by atoms with E-state index in [0.29, 0.717) is 5.92 Å². The smallest absolute Gasteiger partial charge is 0.481 e. The van der Waals surface area contributed by atoms with Crippen LogP contribution in [0.2, 0.25) is 0 Å². The van der Waals surface area contributed by atoms with Gasteiger partial charge in [0.15, 0.2) is 0 Å². The van der Waals surface area contributed by atoms with Crippen LogP contribution in [-0.2, 0) is 4.79 Å². The van der Waals surface area contributed by atoms with Crippen molar-refractivity contribution < 1.29 is 24.5 Å². The molecule has 1 aliphatic carbocycles. The number of benzene rings is 2. The first kappa shape index (κ1) is 24.8. The Morgan fingerprint density at radius 1 is 1.12 bits per heavy atom. The van der Waals surface area contributed by atoms with Crippen LogP contribution in [0.5, 0.6) is 0 Å². The topological polar surface area (TPSA) is 90.7 Å². The fourth-order valence-electron chi connectivity index (χ4n) is 3.86. The van der Waals surface area contributed by atoms with Gasteiger partial charge in [-0.05, 0) is 36.6 Å². The molecule has 0 aliphatic heterocycles. The van der Waals surface area contributed by atoms with E-state index in [1.54, 1.807) is 24.3 Å². The Morgan fingerprint density at radius 2 is 1.81 bits per heavy atom. The van der Waals surface area contributed by atoms with Crippen molar-refractivity contribution >= 4 is 60.7 Å². The predicted octanol–water partition coefficient (Wildman–Crippen LogP) is 4.14. The molecule has 0 unspecified atom stereocenters. The number of rotatable bonds is 8. The first-order chi connectivity index (χ1) is 14.9. The second-order valence-corrected chi connectivity index (χ2v) is 8.00. The molecule has 1 heterocycles. The maximum Gasteiger partial charge on any atom is 2.00 e. The summed E-state index contributed by atoms with van der Waals surface area (Å²) in [4.78, 5) is 15.6. The summed E-state index contributed by atoms with van der Waals surface area (Å²) in [6, 6.07) is 14.1. The van der Waals surface area contributed by atoms with E-state index < -0.39 is 24.6 Å². The molecule has 0 amide bonds. The number of aliphatic hydroxyl groups is 2. The van der Waals surface area contributed by atoms with E-state index in [4.69, 9.17) is 10.1 Å². The number of hydrogen-bond acceptors (Lipinski definition) is 4. The number of nitrogens with zero attached hydrogens (tertiary/aromatic N) is 1. The van der Waals surface area contributed by atoms with Crippen LogP contribution >= 0.6 is 0 Å². The molecular formula is C25H24CaFNO4+2. The average Bonchev–Trinajstić information content (AvgIpc) is 3.56. The van der Waals surface area contributed by atoms with Crippen molar-refractivity contribution in [2.75, 3.05) is 0 Å². The van der Waals surface area contributed by atoms with E-state index in [1.807, 2.05) is 24.3 Å². The molecule has 1 fully saturated rings. The maximum absolute atomic E-state index is 13.6. The quantitative estimate of drug-likeness (QED) is 0.439. The number of para-hydroxylation sites is 1. The van der Waals surface area contributed by atoms with Gasteiger partial charge >= 0.3 is 43.7 Å². The Morgan fingerprint density at radius 3 is 2.47 bits per heavy atom. The minimum absolute atomic E-state index is 0. The number of halogens is 1. The third-order valence-electron chi connectivity index (χ3n) is 5.47. The summed E-state index contributed by atoms with van der Waals surface area (Å²) >= 11 is 0. The molecule has 3 aromatic rings. The van der Waals surface area contributed by atoms with Crippen LogP contribution in [0.15, 0.2) is 54.6 Å². The Bertz CT molecular complexity index is 1130. The first-order valence-corrected chi connectivity index (χ1v) is 10.4. The molecule has 7 heteroatoms. The number of carboxylic acids is 1. The number of fused-ring (bicyclic) bond motifs is 1. The number of carboxylic acid groups (broad SMARTS) is 1. The zero-order valence-corrected chi connectivity index (χ0v) is 19.8. The molecule has 2 aromatic carbocycles. The molecule has 160 valence electrons. The maximum atomic E-state index is 13.6. The number of aliphatic carboxylic acids is 1. The Balaban J connectivity index is 0.00000289. The van der Waals surface area contributed by atoms with Crippen LogP contribution in [0.25, 0.3) is 28.1 Å². The van der Waals surface area contributed by atoms with Crippen LogP contribution in [0, 0.1) is 5.82 Å². The summed E-state index contributed by atoms with van der Waals surface area (Å²) < 4.78 is 13.6. The fourth-order valence-corrected chi connectivity index (χ4v) is 3.86. The van der Waals surface area contributed by atoms with Gasteiger partial charge in [0.1, 0.15) is 5.82 Å². The van der Waals surface area contributed by atoms with Gasteiger partial charge < -0.3 is 15.3 Å². The second-order valence-electron chi connectivity index (χ2n) is 8.00. The van der Waals surface area contributed by atoms with E-state index in [0.717, 1.165) is 46.1 Å². The van der Waals surface area contributed by atoms with Gasteiger partial charge in [-0.15, -0.1) is 0 Å². The molecule has 0 spiro atoms. The monoisotopic (exact) mass is 461 g/mol. The molecule has 1 aliphatic rings. The van der Waals surface area contributed by atoms with Crippen LogP contribution in [0.4, 0.5) is 4.39 Å². The molecule has 3 N–H and O–H groups in total. The molecule has 32 heavy (non-hydrogen) atoms. The van der Waals surface area contributed by atoms with E-state index in [2.05, 4.69) is 0 Å². The molecule has 1 aromatic heterocycles. The van der Waals surface area contributed by atoms with Crippen LogP contribution in [0.1, 0.15) is 42.9 Å². The summed E-state index contributed by atoms with van der Waals surface area (Å²) in [5.74, 6) is -1.10. The normalized spacial score (nSPS) is 15.5. The van der Waals surface area contributed by atoms with Gasteiger partial charge in [-0.2, -0.15) is 0 Å². The number of aliphatic hydroxyl groups excluding tert-OH is 2. The average molecular weight is 462 g/mol. The van der Waals surface area contributed by atoms with Crippen molar-refractivity contribution in [3.63, 3.8) is 0 Å². The van der Waals surface area contributed by atoms with E-state index in [1.165, 1.54) is 12.1 Å². The number of carbonyl (C=O) groups is 1. The van der Waals surface area contributed by atoms with Gasteiger partial charge in [-0.3, -0.25) is 9.78 Å². The molecule has 0 radical (unpaired) electrons. The minimum atomic E-state index is -1.13. The van der Waals surface area contributed by atoms with Crippen molar-refractivity contribution in [3.8, 4) is 11.1 Å². The Kier molecular flexibility index (Phi) is 8.42.